The van der Waals surface area contributed by atoms with Gasteiger partial charge in [-0.15, -0.1) is 0 Å². The maximum Gasteiger partial charge on any atom is 0.342 e. The number of carbonyl (C=O) groups is 2. The molecule has 0 saturated heterocycles. The third-order valence-corrected chi connectivity index (χ3v) is 4.60. The maximum atomic E-state index is 12.1. The Labute approximate surface area is 155 Å². The summed E-state index contributed by atoms with van der Waals surface area (Å²) in [5.74, 6) is -2.10. The first-order valence-corrected chi connectivity index (χ1v) is 8.53. The Bertz CT molecular complexity index is 853. The number of carbonyl (C=O) groups excluding carboxylic acids is 1. The molecule has 1 unspecified atom stereocenters. The van der Waals surface area contributed by atoms with Crippen LogP contribution in [0.2, 0.25) is 5.02 Å². The van der Waals surface area contributed by atoms with Crippen LogP contribution in [0.15, 0.2) is 36.4 Å². The summed E-state index contributed by atoms with van der Waals surface area (Å²) in [6.07, 6.45) is 0.252. The minimum atomic E-state index is -1.08. The SMILES string of the molecule is CC1Cc2c(Cl)cc(N[C@H](Cc3ccccc3)C(=O)O)c(O)c2C(=O)O1. The Morgan fingerprint density at radius 3 is 2.73 bits per heavy atom. The van der Waals surface area contributed by atoms with Crippen LogP contribution in [0.25, 0.3) is 0 Å². The minimum Gasteiger partial charge on any atom is -0.505 e. The summed E-state index contributed by atoms with van der Waals surface area (Å²) in [6.45, 7) is 1.74. The number of nitrogens with one attached hydrogen (secondary N) is 1. The molecular weight excluding hydrogens is 358 g/mol. The summed E-state index contributed by atoms with van der Waals surface area (Å²) in [5, 5.41) is 23.1. The molecule has 7 heteroatoms. The van der Waals surface area contributed by atoms with Crippen molar-refractivity contribution < 1.29 is 24.5 Å². The highest BCUT2D eigenvalue weighted by Crippen LogP contribution is 2.39. The van der Waals surface area contributed by atoms with Crippen LogP contribution in [-0.4, -0.2) is 34.3 Å². The summed E-state index contributed by atoms with van der Waals surface area (Å²) in [6, 6.07) is 9.55. The average molecular weight is 376 g/mol. The van der Waals surface area contributed by atoms with Crippen molar-refractivity contribution in [3.05, 3.63) is 58.1 Å². The highest BCUT2D eigenvalue weighted by Gasteiger charge is 2.31. The number of aliphatic carboxylic acids is 1. The smallest absolute Gasteiger partial charge is 0.342 e. The van der Waals surface area contributed by atoms with Crippen LogP contribution in [0.5, 0.6) is 5.75 Å². The van der Waals surface area contributed by atoms with Gasteiger partial charge in [-0.1, -0.05) is 41.9 Å². The first-order chi connectivity index (χ1) is 12.4. The van der Waals surface area contributed by atoms with Gasteiger partial charge in [0.25, 0.3) is 0 Å². The van der Waals surface area contributed by atoms with E-state index in [0.717, 1.165) is 5.56 Å². The fourth-order valence-corrected chi connectivity index (χ4v) is 3.30. The van der Waals surface area contributed by atoms with Gasteiger partial charge in [-0.2, -0.15) is 0 Å². The number of phenols is 1. The van der Waals surface area contributed by atoms with Crippen LogP contribution in [0, 0.1) is 0 Å². The van der Waals surface area contributed by atoms with E-state index in [1.54, 1.807) is 6.92 Å². The zero-order chi connectivity index (χ0) is 18.8. The maximum absolute atomic E-state index is 12.1. The van der Waals surface area contributed by atoms with Crippen LogP contribution in [0.4, 0.5) is 5.69 Å². The summed E-state index contributed by atoms with van der Waals surface area (Å²) in [7, 11) is 0. The molecule has 3 N–H and O–H groups in total. The van der Waals surface area contributed by atoms with Crippen LogP contribution in [-0.2, 0) is 22.4 Å². The Morgan fingerprint density at radius 1 is 1.38 bits per heavy atom. The van der Waals surface area contributed by atoms with E-state index >= 15 is 0 Å². The summed E-state index contributed by atoms with van der Waals surface area (Å²) < 4.78 is 5.15. The van der Waals surface area contributed by atoms with E-state index in [-0.39, 0.29) is 34.5 Å². The number of rotatable bonds is 5. The second kappa shape index (κ2) is 7.25. The molecule has 6 nitrogen and oxygen atoms in total. The van der Waals surface area contributed by atoms with Crippen molar-refractivity contribution in [3.8, 4) is 5.75 Å². The van der Waals surface area contributed by atoms with E-state index in [4.69, 9.17) is 16.3 Å². The molecule has 2 aromatic rings. The fourth-order valence-electron chi connectivity index (χ4n) is 3.02. The summed E-state index contributed by atoms with van der Waals surface area (Å²) in [5.41, 5.74) is 1.41. The van der Waals surface area contributed by atoms with Crippen molar-refractivity contribution in [1.82, 2.24) is 0 Å². The molecule has 2 aromatic carbocycles. The standard InChI is InChI=1S/C19H18ClNO5/c1-10-7-12-13(20)9-14(17(22)16(12)19(25)26-10)21-15(18(23)24)8-11-5-3-2-4-6-11/h2-6,9-10,15,21-22H,7-8H2,1H3,(H,23,24)/t10?,15-/m1/s1. The molecule has 0 aromatic heterocycles. The van der Waals surface area contributed by atoms with Crippen molar-refractivity contribution >= 4 is 29.2 Å². The van der Waals surface area contributed by atoms with Crippen LogP contribution in [0.3, 0.4) is 0 Å². The number of hydrogen-bond acceptors (Lipinski definition) is 5. The normalized spacial score (nSPS) is 17.2. The molecule has 1 aliphatic rings. The van der Waals surface area contributed by atoms with E-state index in [9.17, 15) is 19.8 Å². The summed E-state index contributed by atoms with van der Waals surface area (Å²) >= 11 is 6.27. The lowest BCUT2D eigenvalue weighted by atomic mass is 9.96. The Kier molecular flexibility index (Phi) is 5.04. The minimum absolute atomic E-state index is 0.0121. The second-order valence-corrected chi connectivity index (χ2v) is 6.66. The lowest BCUT2D eigenvalue weighted by Gasteiger charge is -2.25. The summed E-state index contributed by atoms with van der Waals surface area (Å²) in [4.78, 5) is 23.8. The molecule has 26 heavy (non-hydrogen) atoms. The fraction of sp³-hybridized carbons (Fsp3) is 0.263. The molecule has 0 bridgehead atoms. The van der Waals surface area contributed by atoms with Crippen molar-refractivity contribution in [2.45, 2.75) is 31.9 Å². The lowest BCUT2D eigenvalue weighted by Crippen LogP contribution is -2.32. The number of halogens is 1. The van der Waals surface area contributed by atoms with Crippen molar-refractivity contribution in [2.75, 3.05) is 5.32 Å². The molecule has 136 valence electrons. The number of carboxylic acid groups (broad SMARTS) is 1. The third kappa shape index (κ3) is 3.60. The zero-order valence-corrected chi connectivity index (χ0v) is 14.8. The number of cyclic esters (lactones) is 1. The Morgan fingerprint density at radius 2 is 2.08 bits per heavy atom. The molecule has 0 saturated carbocycles. The van der Waals surface area contributed by atoms with Gasteiger partial charge >= 0.3 is 11.9 Å². The molecular formula is C19H18ClNO5. The number of esters is 1. The highest BCUT2D eigenvalue weighted by molar-refractivity contribution is 6.32. The molecule has 1 aliphatic heterocycles. The molecule has 0 amide bonds. The number of fused-ring (bicyclic) bond motifs is 1. The van der Waals surface area contributed by atoms with Gasteiger partial charge < -0.3 is 20.3 Å². The van der Waals surface area contributed by atoms with E-state index in [0.29, 0.717) is 12.0 Å². The number of ether oxygens (including phenoxy) is 1. The first-order valence-electron chi connectivity index (χ1n) is 8.15. The largest absolute Gasteiger partial charge is 0.505 e. The topological polar surface area (TPSA) is 95.9 Å². The van der Waals surface area contributed by atoms with Crippen LogP contribution in [0.1, 0.15) is 28.4 Å². The quantitative estimate of drug-likeness (QED) is 0.548. The molecule has 2 atom stereocenters. The van der Waals surface area contributed by atoms with Gasteiger partial charge in [-0.3, -0.25) is 0 Å². The number of benzene rings is 2. The predicted molar refractivity (Wildman–Crippen MR) is 96.9 cm³/mol. The first kappa shape index (κ1) is 18.1. The number of carboxylic acids is 1. The van der Waals surface area contributed by atoms with E-state index in [2.05, 4.69) is 5.32 Å². The average Bonchev–Trinajstić information content (AvgIpc) is 2.59. The molecule has 0 aliphatic carbocycles. The number of anilines is 1. The van der Waals surface area contributed by atoms with Gasteiger partial charge in [0, 0.05) is 17.9 Å². The van der Waals surface area contributed by atoms with Crippen molar-refractivity contribution in [3.63, 3.8) is 0 Å². The van der Waals surface area contributed by atoms with Gasteiger partial charge in [0.05, 0.1) is 5.69 Å². The second-order valence-electron chi connectivity index (χ2n) is 6.25. The van der Waals surface area contributed by atoms with Crippen molar-refractivity contribution in [2.24, 2.45) is 0 Å². The molecule has 3 rings (SSSR count). The monoisotopic (exact) mass is 375 g/mol. The third-order valence-electron chi connectivity index (χ3n) is 4.27. The van der Waals surface area contributed by atoms with Gasteiger partial charge in [0.1, 0.15) is 17.7 Å². The predicted octanol–water partition coefficient (Wildman–Crippen LogP) is 3.25. The number of phenolic OH excluding ortho intramolecular Hbond substituents is 1. The number of hydrogen-bond donors (Lipinski definition) is 3. The van der Waals surface area contributed by atoms with E-state index in [1.165, 1.54) is 6.07 Å². The Balaban J connectivity index is 1.93. The Hall–Kier alpha value is -2.73. The van der Waals surface area contributed by atoms with Crippen LogP contribution >= 0.6 is 11.6 Å². The van der Waals surface area contributed by atoms with Gasteiger partial charge in [-0.25, -0.2) is 9.59 Å². The van der Waals surface area contributed by atoms with E-state index in [1.807, 2.05) is 30.3 Å². The molecule has 0 spiro atoms. The van der Waals surface area contributed by atoms with Crippen LogP contribution < -0.4 is 5.32 Å². The lowest BCUT2D eigenvalue weighted by molar-refractivity contribution is -0.137. The molecule has 1 heterocycles. The van der Waals surface area contributed by atoms with Gasteiger partial charge in [0.15, 0.2) is 5.75 Å². The van der Waals surface area contributed by atoms with E-state index < -0.39 is 18.0 Å². The molecule has 0 radical (unpaired) electrons. The van der Waals surface area contributed by atoms with Gasteiger partial charge in [-0.05, 0) is 24.1 Å². The molecule has 0 fully saturated rings. The highest BCUT2D eigenvalue weighted by atomic mass is 35.5. The van der Waals surface area contributed by atoms with Gasteiger partial charge in [0.2, 0.25) is 0 Å². The zero-order valence-electron chi connectivity index (χ0n) is 14.0. The van der Waals surface area contributed by atoms with Crippen molar-refractivity contribution in [1.29, 1.82) is 0 Å². The number of aromatic hydroxyl groups is 1.